The van der Waals surface area contributed by atoms with Crippen molar-refractivity contribution in [2.45, 2.75) is 19.0 Å². The Hall–Kier alpha value is -2.40. The van der Waals surface area contributed by atoms with Crippen LogP contribution >= 0.6 is 11.8 Å². The molecule has 0 bridgehead atoms. The minimum absolute atomic E-state index is 0.802. The molecule has 0 saturated heterocycles. The number of hydrogen-bond acceptors (Lipinski definition) is 4. The molecular formula is C18H18N4S. The molecule has 4 nitrogen and oxygen atoms in total. The number of aryl methyl sites for hydroxylation is 1. The van der Waals surface area contributed by atoms with E-state index in [1.807, 2.05) is 35.0 Å². The summed E-state index contributed by atoms with van der Waals surface area (Å²) in [7, 11) is 0. The first kappa shape index (κ1) is 15.5. The molecule has 2 aromatic carbocycles. The van der Waals surface area contributed by atoms with Gasteiger partial charge in [-0.05, 0) is 47.0 Å². The summed E-state index contributed by atoms with van der Waals surface area (Å²) in [6.45, 7) is 4.19. The molecule has 1 heterocycles. The molecule has 23 heavy (non-hydrogen) atoms. The SMILES string of the molecule is Cc1cccc(-n2nnnc2SC/C=C/c2ccccc2)c1C. The Morgan fingerprint density at radius 1 is 1.04 bits per heavy atom. The number of rotatable bonds is 5. The highest BCUT2D eigenvalue weighted by molar-refractivity contribution is 7.99. The van der Waals surface area contributed by atoms with Gasteiger partial charge in [-0.2, -0.15) is 4.68 Å². The van der Waals surface area contributed by atoms with Gasteiger partial charge < -0.3 is 0 Å². The summed E-state index contributed by atoms with van der Waals surface area (Å²) in [6.07, 6.45) is 4.24. The maximum absolute atomic E-state index is 4.14. The molecule has 0 radical (unpaired) electrons. The average Bonchev–Trinajstić information content (AvgIpc) is 3.03. The van der Waals surface area contributed by atoms with E-state index in [4.69, 9.17) is 0 Å². The van der Waals surface area contributed by atoms with Crippen LogP contribution in [0.3, 0.4) is 0 Å². The molecule has 0 aliphatic rings. The van der Waals surface area contributed by atoms with E-state index in [1.54, 1.807) is 11.8 Å². The Labute approximate surface area is 140 Å². The number of hydrogen-bond donors (Lipinski definition) is 0. The lowest BCUT2D eigenvalue weighted by Gasteiger charge is -2.08. The van der Waals surface area contributed by atoms with Gasteiger partial charge >= 0.3 is 0 Å². The lowest BCUT2D eigenvalue weighted by Crippen LogP contribution is -2.02. The van der Waals surface area contributed by atoms with Crippen molar-refractivity contribution in [3.8, 4) is 5.69 Å². The van der Waals surface area contributed by atoms with Crippen molar-refractivity contribution < 1.29 is 0 Å². The summed E-state index contributed by atoms with van der Waals surface area (Å²) < 4.78 is 1.81. The van der Waals surface area contributed by atoms with Crippen molar-refractivity contribution in [2.24, 2.45) is 0 Å². The Bertz CT molecular complexity index is 809. The summed E-state index contributed by atoms with van der Waals surface area (Å²) in [5.41, 5.74) is 4.66. The third-order valence-electron chi connectivity index (χ3n) is 3.66. The standard InChI is InChI=1S/C18H18N4S/c1-14-8-6-12-17(15(14)2)22-18(19-20-21-22)23-13-7-11-16-9-4-3-5-10-16/h3-12H,13H2,1-2H3/b11-7+. The predicted molar refractivity (Wildman–Crippen MR) is 94.8 cm³/mol. The van der Waals surface area contributed by atoms with Crippen molar-refractivity contribution >= 4 is 17.8 Å². The number of aromatic nitrogens is 4. The second-order valence-electron chi connectivity index (χ2n) is 5.22. The van der Waals surface area contributed by atoms with E-state index >= 15 is 0 Å². The van der Waals surface area contributed by atoms with Crippen LogP contribution in [-0.4, -0.2) is 26.0 Å². The fourth-order valence-electron chi connectivity index (χ4n) is 2.26. The van der Waals surface area contributed by atoms with Crippen molar-refractivity contribution in [3.63, 3.8) is 0 Å². The number of nitrogens with zero attached hydrogens (tertiary/aromatic N) is 4. The Morgan fingerprint density at radius 3 is 2.70 bits per heavy atom. The van der Waals surface area contributed by atoms with Crippen LogP contribution in [0.5, 0.6) is 0 Å². The normalized spacial score (nSPS) is 11.2. The summed E-state index contributed by atoms with van der Waals surface area (Å²) in [5.74, 6) is 0.820. The smallest absolute Gasteiger partial charge is 0.187 e. The molecule has 0 spiro atoms. The fourth-order valence-corrected chi connectivity index (χ4v) is 2.95. The second kappa shape index (κ2) is 7.24. The minimum Gasteiger partial charge on any atom is -0.187 e. The third kappa shape index (κ3) is 3.68. The molecule has 0 N–H and O–H groups in total. The van der Waals surface area contributed by atoms with Gasteiger partial charge in [0.2, 0.25) is 5.16 Å². The maximum Gasteiger partial charge on any atom is 0.214 e. The summed E-state index contributed by atoms with van der Waals surface area (Å²) >= 11 is 1.62. The topological polar surface area (TPSA) is 43.6 Å². The first-order valence-electron chi connectivity index (χ1n) is 7.45. The van der Waals surface area contributed by atoms with Gasteiger partial charge in [0.25, 0.3) is 0 Å². The van der Waals surface area contributed by atoms with Gasteiger partial charge in [0.05, 0.1) is 5.69 Å². The van der Waals surface area contributed by atoms with Gasteiger partial charge in [-0.25, -0.2) is 0 Å². The molecule has 0 aliphatic carbocycles. The molecule has 0 unspecified atom stereocenters. The van der Waals surface area contributed by atoms with E-state index in [0.29, 0.717) is 0 Å². The van der Waals surface area contributed by atoms with Crippen LogP contribution in [0.2, 0.25) is 0 Å². The van der Waals surface area contributed by atoms with E-state index in [1.165, 1.54) is 16.7 Å². The Kier molecular flexibility index (Phi) is 4.88. The zero-order valence-corrected chi connectivity index (χ0v) is 14.0. The first-order valence-corrected chi connectivity index (χ1v) is 8.43. The van der Waals surface area contributed by atoms with Gasteiger partial charge in [-0.3, -0.25) is 0 Å². The van der Waals surface area contributed by atoms with Crippen LogP contribution in [0.4, 0.5) is 0 Å². The number of thioether (sulfide) groups is 1. The van der Waals surface area contributed by atoms with E-state index in [2.05, 4.69) is 59.7 Å². The van der Waals surface area contributed by atoms with Crippen LogP contribution in [0.15, 0.2) is 59.8 Å². The van der Waals surface area contributed by atoms with Gasteiger partial charge in [-0.1, -0.05) is 66.4 Å². The molecule has 0 amide bonds. The zero-order valence-electron chi connectivity index (χ0n) is 13.2. The minimum atomic E-state index is 0.802. The van der Waals surface area contributed by atoms with Crippen molar-refractivity contribution in [2.75, 3.05) is 5.75 Å². The van der Waals surface area contributed by atoms with E-state index in [9.17, 15) is 0 Å². The van der Waals surface area contributed by atoms with Crippen molar-refractivity contribution in [3.05, 3.63) is 71.3 Å². The van der Waals surface area contributed by atoms with Gasteiger partial charge in [0.1, 0.15) is 0 Å². The number of benzene rings is 2. The van der Waals surface area contributed by atoms with Crippen LogP contribution in [0.1, 0.15) is 16.7 Å². The van der Waals surface area contributed by atoms with Gasteiger partial charge in [-0.15, -0.1) is 5.10 Å². The maximum atomic E-state index is 4.14. The average molecular weight is 322 g/mol. The summed E-state index contributed by atoms with van der Waals surface area (Å²) in [6, 6.07) is 16.4. The molecule has 5 heteroatoms. The van der Waals surface area contributed by atoms with Crippen molar-refractivity contribution in [1.82, 2.24) is 20.2 Å². The number of tetrazole rings is 1. The van der Waals surface area contributed by atoms with Crippen LogP contribution in [0, 0.1) is 13.8 Å². The molecule has 0 fully saturated rings. The lowest BCUT2D eigenvalue weighted by atomic mass is 10.1. The van der Waals surface area contributed by atoms with E-state index < -0.39 is 0 Å². The molecule has 0 aliphatic heterocycles. The molecule has 0 atom stereocenters. The van der Waals surface area contributed by atoms with Gasteiger partial charge in [0.15, 0.2) is 0 Å². The van der Waals surface area contributed by atoms with Crippen LogP contribution < -0.4 is 0 Å². The third-order valence-corrected chi connectivity index (χ3v) is 4.54. The Balaban J connectivity index is 1.72. The highest BCUT2D eigenvalue weighted by Gasteiger charge is 2.11. The molecule has 0 saturated carbocycles. The van der Waals surface area contributed by atoms with E-state index in [-0.39, 0.29) is 0 Å². The summed E-state index contributed by atoms with van der Waals surface area (Å²) in [4.78, 5) is 0. The monoisotopic (exact) mass is 322 g/mol. The first-order chi connectivity index (χ1) is 11.3. The van der Waals surface area contributed by atoms with Crippen molar-refractivity contribution in [1.29, 1.82) is 0 Å². The second-order valence-corrected chi connectivity index (χ2v) is 6.20. The lowest BCUT2D eigenvalue weighted by molar-refractivity contribution is 0.751. The zero-order chi connectivity index (χ0) is 16.1. The molecule has 3 aromatic rings. The highest BCUT2D eigenvalue weighted by Crippen LogP contribution is 2.22. The quantitative estimate of drug-likeness (QED) is 0.664. The largest absolute Gasteiger partial charge is 0.214 e. The van der Waals surface area contributed by atoms with E-state index in [0.717, 1.165) is 16.6 Å². The molecule has 1 aromatic heterocycles. The molecular weight excluding hydrogens is 304 g/mol. The molecule has 116 valence electrons. The molecule has 3 rings (SSSR count). The Morgan fingerprint density at radius 2 is 1.87 bits per heavy atom. The summed E-state index contributed by atoms with van der Waals surface area (Å²) in [5, 5.41) is 12.9. The van der Waals surface area contributed by atoms with Gasteiger partial charge in [0, 0.05) is 5.75 Å². The highest BCUT2D eigenvalue weighted by atomic mass is 32.2. The van der Waals surface area contributed by atoms with Crippen LogP contribution in [0.25, 0.3) is 11.8 Å². The van der Waals surface area contributed by atoms with Crippen LogP contribution in [-0.2, 0) is 0 Å². The predicted octanol–water partition coefficient (Wildman–Crippen LogP) is 4.08. The fraction of sp³-hybridized carbons (Fsp3) is 0.167.